The lowest BCUT2D eigenvalue weighted by molar-refractivity contribution is 0.00578. The Bertz CT molecular complexity index is 2320. The minimum Gasteiger partial charge on any atom is -0.399 e. The summed E-state index contributed by atoms with van der Waals surface area (Å²) in [4.78, 5) is 2.44. The molecule has 2 heterocycles. The second kappa shape index (κ2) is 9.87. The predicted molar refractivity (Wildman–Crippen MR) is 205 cm³/mol. The van der Waals surface area contributed by atoms with Crippen LogP contribution in [0.2, 0.25) is 0 Å². The zero-order chi connectivity index (χ0) is 34.2. The SMILES string of the molecule is CC1(C)c2ccccc2-c2ccc3c(c21)-c1ccccc1C31c2ccccc2N(c2ccc(B3OC(C)(C)C(C)(C)O3)cc2)c2ccccc21. The minimum absolute atomic E-state index is 0.130. The van der Waals surface area contributed by atoms with Gasteiger partial charge in [-0.25, -0.2) is 0 Å². The first-order valence-corrected chi connectivity index (χ1v) is 17.9. The Hall–Kier alpha value is -4.90. The maximum atomic E-state index is 6.41. The molecule has 244 valence electrons. The zero-order valence-electron chi connectivity index (χ0n) is 29.5. The van der Waals surface area contributed by atoms with Crippen LogP contribution in [0.25, 0.3) is 22.3 Å². The lowest BCUT2D eigenvalue weighted by atomic mass is 9.64. The fourth-order valence-electron chi connectivity index (χ4n) is 9.50. The summed E-state index contributed by atoms with van der Waals surface area (Å²) in [7, 11) is -0.401. The van der Waals surface area contributed by atoms with Gasteiger partial charge in [0.2, 0.25) is 0 Å². The Morgan fingerprint density at radius 2 is 0.980 bits per heavy atom. The molecule has 3 nitrogen and oxygen atoms in total. The zero-order valence-corrected chi connectivity index (χ0v) is 29.5. The number of rotatable bonds is 2. The van der Waals surface area contributed by atoms with Crippen molar-refractivity contribution in [3.8, 4) is 22.3 Å². The largest absolute Gasteiger partial charge is 0.494 e. The van der Waals surface area contributed by atoms with Crippen LogP contribution in [0.1, 0.15) is 74.9 Å². The lowest BCUT2D eigenvalue weighted by Crippen LogP contribution is -2.41. The Morgan fingerprint density at radius 1 is 0.460 bits per heavy atom. The van der Waals surface area contributed by atoms with E-state index in [9.17, 15) is 0 Å². The number of para-hydroxylation sites is 2. The fraction of sp³-hybridized carbons (Fsp3) is 0.217. The molecule has 0 amide bonds. The molecule has 0 saturated carbocycles. The highest BCUT2D eigenvalue weighted by Crippen LogP contribution is 2.66. The predicted octanol–water partition coefficient (Wildman–Crippen LogP) is 10.4. The van der Waals surface area contributed by atoms with Crippen molar-refractivity contribution < 1.29 is 9.31 Å². The van der Waals surface area contributed by atoms with Gasteiger partial charge in [0.1, 0.15) is 0 Å². The monoisotopic (exact) mass is 649 g/mol. The number of fused-ring (bicyclic) bond motifs is 13. The molecule has 6 aromatic carbocycles. The molecular weight excluding hydrogens is 609 g/mol. The van der Waals surface area contributed by atoms with Gasteiger partial charge in [-0.2, -0.15) is 0 Å². The van der Waals surface area contributed by atoms with Crippen LogP contribution in [0.4, 0.5) is 17.1 Å². The highest BCUT2D eigenvalue weighted by atomic mass is 16.7. The van der Waals surface area contributed by atoms with Gasteiger partial charge < -0.3 is 14.2 Å². The summed E-state index contributed by atoms with van der Waals surface area (Å²) >= 11 is 0. The highest BCUT2D eigenvalue weighted by Gasteiger charge is 2.55. The van der Waals surface area contributed by atoms with Crippen molar-refractivity contribution in [3.63, 3.8) is 0 Å². The van der Waals surface area contributed by atoms with Gasteiger partial charge in [0.25, 0.3) is 0 Å². The van der Waals surface area contributed by atoms with Crippen LogP contribution in [0.15, 0.2) is 133 Å². The Kier molecular flexibility index (Phi) is 5.92. The molecule has 4 aliphatic rings. The number of anilines is 3. The molecular formula is C46H40BNO2. The van der Waals surface area contributed by atoms with Gasteiger partial charge >= 0.3 is 7.12 Å². The first-order valence-electron chi connectivity index (χ1n) is 17.9. The molecule has 4 heteroatoms. The molecule has 6 aromatic rings. The van der Waals surface area contributed by atoms with E-state index in [0.717, 1.165) is 11.2 Å². The molecule has 2 aliphatic heterocycles. The second-order valence-corrected chi connectivity index (χ2v) is 15.9. The normalized spacial score (nSPS) is 19.0. The molecule has 0 bridgehead atoms. The first kappa shape index (κ1) is 30.0. The molecule has 2 aliphatic carbocycles. The van der Waals surface area contributed by atoms with Gasteiger partial charge in [0.05, 0.1) is 28.0 Å². The lowest BCUT2D eigenvalue weighted by Gasteiger charge is -2.45. The average Bonchev–Trinajstić information content (AvgIpc) is 3.64. The van der Waals surface area contributed by atoms with Crippen LogP contribution >= 0.6 is 0 Å². The standard InChI is InChI=1S/C46H40BNO2/c1-43(2)34-17-9-7-15-31(34)32-27-28-38-41(42(32)43)33-16-8-10-18-35(33)46(38)36-19-11-13-21-39(36)48(40-22-14-12-20-37(40)46)30-25-23-29(24-26-30)47-49-44(3,4)45(5,6)50-47/h7-28H,1-6H3. The number of hydrogen-bond acceptors (Lipinski definition) is 3. The molecule has 0 atom stereocenters. The van der Waals surface area contributed by atoms with Crippen LogP contribution in [0.5, 0.6) is 0 Å². The van der Waals surface area contributed by atoms with E-state index < -0.39 is 12.5 Å². The Balaban J connectivity index is 1.20. The van der Waals surface area contributed by atoms with Gasteiger partial charge in [-0.15, -0.1) is 0 Å². The van der Waals surface area contributed by atoms with Crippen molar-refractivity contribution in [1.29, 1.82) is 0 Å². The highest BCUT2D eigenvalue weighted by molar-refractivity contribution is 6.62. The number of nitrogens with zero attached hydrogens (tertiary/aromatic N) is 1. The van der Waals surface area contributed by atoms with Crippen LogP contribution in [-0.4, -0.2) is 18.3 Å². The molecule has 10 rings (SSSR count). The van der Waals surface area contributed by atoms with Crippen molar-refractivity contribution in [2.24, 2.45) is 0 Å². The summed E-state index contributed by atoms with van der Waals surface area (Å²) in [6, 6.07) is 49.8. The molecule has 0 N–H and O–H groups in total. The van der Waals surface area contributed by atoms with Gasteiger partial charge in [-0.3, -0.25) is 0 Å². The van der Waals surface area contributed by atoms with E-state index in [-0.39, 0.29) is 16.6 Å². The van der Waals surface area contributed by atoms with Crippen molar-refractivity contribution in [2.75, 3.05) is 4.90 Å². The number of hydrogen-bond donors (Lipinski definition) is 0. The van der Waals surface area contributed by atoms with Crippen LogP contribution < -0.4 is 10.4 Å². The summed E-state index contributed by atoms with van der Waals surface area (Å²) in [5.74, 6) is 0. The van der Waals surface area contributed by atoms with Crippen LogP contribution in [-0.2, 0) is 20.1 Å². The third kappa shape index (κ3) is 3.63. The topological polar surface area (TPSA) is 21.7 Å². The van der Waals surface area contributed by atoms with Crippen molar-refractivity contribution >= 4 is 29.6 Å². The van der Waals surface area contributed by atoms with E-state index in [1.807, 2.05) is 0 Å². The maximum absolute atomic E-state index is 6.41. The molecule has 1 fully saturated rings. The van der Waals surface area contributed by atoms with E-state index in [4.69, 9.17) is 9.31 Å². The van der Waals surface area contributed by atoms with E-state index >= 15 is 0 Å². The Labute approximate surface area is 295 Å². The molecule has 1 saturated heterocycles. The van der Waals surface area contributed by atoms with E-state index in [2.05, 4.69) is 180 Å². The maximum Gasteiger partial charge on any atom is 0.494 e. The van der Waals surface area contributed by atoms with E-state index in [1.54, 1.807) is 0 Å². The summed E-state index contributed by atoms with van der Waals surface area (Å²) in [6.45, 7) is 13.2. The molecule has 0 unspecified atom stereocenters. The van der Waals surface area contributed by atoms with Gasteiger partial charge in [0, 0.05) is 11.1 Å². The molecule has 1 spiro atoms. The fourth-order valence-corrected chi connectivity index (χ4v) is 9.50. The molecule has 50 heavy (non-hydrogen) atoms. The molecule has 0 radical (unpaired) electrons. The van der Waals surface area contributed by atoms with Crippen LogP contribution in [0, 0.1) is 0 Å². The summed E-state index contributed by atoms with van der Waals surface area (Å²) in [5, 5.41) is 0. The van der Waals surface area contributed by atoms with Crippen molar-refractivity contribution in [3.05, 3.63) is 167 Å². The number of benzene rings is 6. The van der Waals surface area contributed by atoms with Gasteiger partial charge in [-0.05, 0) is 113 Å². The smallest absolute Gasteiger partial charge is 0.399 e. The molecule has 0 aromatic heterocycles. The summed E-state index contributed by atoms with van der Waals surface area (Å²) in [6.07, 6.45) is 0. The second-order valence-electron chi connectivity index (χ2n) is 15.9. The first-order chi connectivity index (χ1) is 24.1. The van der Waals surface area contributed by atoms with E-state index in [0.29, 0.717) is 0 Å². The average molecular weight is 650 g/mol. The van der Waals surface area contributed by atoms with Crippen molar-refractivity contribution in [2.45, 2.75) is 63.6 Å². The van der Waals surface area contributed by atoms with Crippen LogP contribution in [0.3, 0.4) is 0 Å². The van der Waals surface area contributed by atoms with Gasteiger partial charge in [-0.1, -0.05) is 123 Å². The quantitative estimate of drug-likeness (QED) is 0.174. The van der Waals surface area contributed by atoms with Crippen molar-refractivity contribution in [1.82, 2.24) is 0 Å². The Morgan fingerprint density at radius 3 is 1.60 bits per heavy atom. The van der Waals surface area contributed by atoms with Gasteiger partial charge in [0.15, 0.2) is 0 Å². The third-order valence-corrected chi connectivity index (χ3v) is 12.5. The summed E-state index contributed by atoms with van der Waals surface area (Å²) < 4.78 is 12.8. The summed E-state index contributed by atoms with van der Waals surface area (Å²) in [5.41, 5.74) is 16.8. The third-order valence-electron chi connectivity index (χ3n) is 12.5. The van der Waals surface area contributed by atoms with E-state index in [1.165, 1.54) is 67.0 Å². The minimum atomic E-state index is -0.474.